The van der Waals surface area contributed by atoms with Gasteiger partial charge < -0.3 is 4.98 Å². The summed E-state index contributed by atoms with van der Waals surface area (Å²) < 4.78 is 13.8. The van der Waals surface area contributed by atoms with Crippen molar-refractivity contribution in [3.05, 3.63) is 44.5 Å². The monoisotopic (exact) mass is 253 g/mol. The lowest BCUT2D eigenvalue weighted by molar-refractivity contribution is 0.636. The molecule has 0 aliphatic rings. The van der Waals surface area contributed by atoms with Gasteiger partial charge in [-0.25, -0.2) is 4.39 Å². The SMILES string of the molecule is Cc1[nH]c2c(F)c(Cl)ccc2c(=O)c1C(C)C. The van der Waals surface area contributed by atoms with E-state index < -0.39 is 5.82 Å². The lowest BCUT2D eigenvalue weighted by Crippen LogP contribution is -2.15. The minimum absolute atomic E-state index is 0.0184. The van der Waals surface area contributed by atoms with Crippen LogP contribution in [0.15, 0.2) is 16.9 Å². The van der Waals surface area contributed by atoms with Gasteiger partial charge in [-0.3, -0.25) is 4.79 Å². The third kappa shape index (κ3) is 1.84. The molecule has 2 rings (SSSR count). The van der Waals surface area contributed by atoms with Crippen LogP contribution in [0.25, 0.3) is 10.9 Å². The van der Waals surface area contributed by atoms with Crippen LogP contribution in [0.2, 0.25) is 5.02 Å². The number of nitrogens with one attached hydrogen (secondary N) is 1. The molecule has 1 aromatic heterocycles. The van der Waals surface area contributed by atoms with E-state index in [-0.39, 0.29) is 21.9 Å². The maximum absolute atomic E-state index is 13.8. The number of aromatic amines is 1. The zero-order valence-electron chi connectivity index (χ0n) is 9.90. The second-order valence-corrected chi connectivity index (χ2v) is 4.84. The maximum atomic E-state index is 13.8. The molecule has 0 radical (unpaired) electrons. The average Bonchev–Trinajstić information content (AvgIpc) is 2.23. The molecule has 1 N–H and O–H groups in total. The molecule has 0 saturated heterocycles. The molecule has 2 nitrogen and oxygen atoms in total. The third-order valence-electron chi connectivity index (χ3n) is 2.88. The van der Waals surface area contributed by atoms with Crippen molar-refractivity contribution in [3.8, 4) is 0 Å². The molecule has 0 bridgehead atoms. The van der Waals surface area contributed by atoms with Crippen LogP contribution in [0.1, 0.15) is 31.0 Å². The molecule has 0 unspecified atom stereocenters. The molecular weight excluding hydrogens is 241 g/mol. The van der Waals surface area contributed by atoms with E-state index in [1.54, 1.807) is 13.0 Å². The molecular formula is C13H13ClFNO. The fourth-order valence-electron chi connectivity index (χ4n) is 2.13. The van der Waals surface area contributed by atoms with Crippen LogP contribution in [0, 0.1) is 12.7 Å². The molecule has 17 heavy (non-hydrogen) atoms. The highest BCUT2D eigenvalue weighted by Gasteiger charge is 2.15. The van der Waals surface area contributed by atoms with Gasteiger partial charge in [0.25, 0.3) is 0 Å². The van der Waals surface area contributed by atoms with Gasteiger partial charge in [0.15, 0.2) is 11.2 Å². The number of fused-ring (bicyclic) bond motifs is 1. The Hall–Kier alpha value is -1.35. The number of aromatic nitrogens is 1. The number of benzene rings is 1. The first-order valence-electron chi connectivity index (χ1n) is 5.44. The maximum Gasteiger partial charge on any atom is 0.193 e. The molecule has 4 heteroatoms. The minimum atomic E-state index is -0.570. The van der Waals surface area contributed by atoms with Gasteiger partial charge in [0.05, 0.1) is 10.5 Å². The Morgan fingerprint density at radius 1 is 1.35 bits per heavy atom. The normalized spacial score (nSPS) is 11.4. The molecule has 90 valence electrons. The van der Waals surface area contributed by atoms with Crippen LogP contribution in [-0.4, -0.2) is 4.98 Å². The Balaban J connectivity index is 2.96. The summed E-state index contributed by atoms with van der Waals surface area (Å²) in [4.78, 5) is 15.2. The largest absolute Gasteiger partial charge is 0.356 e. The quantitative estimate of drug-likeness (QED) is 0.825. The molecule has 0 atom stereocenters. The lowest BCUT2D eigenvalue weighted by Gasteiger charge is -2.11. The molecule has 1 heterocycles. The van der Waals surface area contributed by atoms with Gasteiger partial charge in [-0.1, -0.05) is 25.4 Å². The second-order valence-electron chi connectivity index (χ2n) is 4.43. The summed E-state index contributed by atoms with van der Waals surface area (Å²) in [6.07, 6.45) is 0. The van der Waals surface area contributed by atoms with Crippen molar-refractivity contribution < 1.29 is 4.39 Å². The summed E-state index contributed by atoms with van der Waals surface area (Å²) in [6.45, 7) is 5.65. The van der Waals surface area contributed by atoms with Crippen molar-refractivity contribution in [2.45, 2.75) is 26.7 Å². The Morgan fingerprint density at radius 2 is 2.00 bits per heavy atom. The average molecular weight is 254 g/mol. The summed E-state index contributed by atoms with van der Waals surface area (Å²) in [7, 11) is 0. The summed E-state index contributed by atoms with van der Waals surface area (Å²) in [5.41, 5.74) is 1.45. The molecule has 0 amide bonds. The van der Waals surface area contributed by atoms with E-state index in [0.29, 0.717) is 16.6 Å². The van der Waals surface area contributed by atoms with E-state index >= 15 is 0 Å². The predicted molar refractivity (Wildman–Crippen MR) is 68.4 cm³/mol. The van der Waals surface area contributed by atoms with Crippen LogP contribution in [0.5, 0.6) is 0 Å². The smallest absolute Gasteiger partial charge is 0.193 e. The number of aryl methyl sites for hydroxylation is 1. The Morgan fingerprint density at radius 3 is 2.59 bits per heavy atom. The predicted octanol–water partition coefficient (Wildman–Crippen LogP) is 3.75. The molecule has 0 aliphatic carbocycles. The van der Waals surface area contributed by atoms with Crippen LogP contribution < -0.4 is 5.43 Å². The van der Waals surface area contributed by atoms with Crippen molar-refractivity contribution in [2.75, 3.05) is 0 Å². The summed E-state index contributed by atoms with van der Waals surface area (Å²) in [5.74, 6) is -0.471. The number of halogens is 2. The Bertz CT molecular complexity index is 646. The fourth-order valence-corrected chi connectivity index (χ4v) is 2.28. The first-order valence-corrected chi connectivity index (χ1v) is 5.81. The van der Waals surface area contributed by atoms with Gasteiger partial charge in [0.2, 0.25) is 0 Å². The van der Waals surface area contributed by atoms with Crippen LogP contribution in [0.4, 0.5) is 4.39 Å². The van der Waals surface area contributed by atoms with Gasteiger partial charge in [-0.05, 0) is 25.0 Å². The Kier molecular flexibility index (Phi) is 2.96. The first kappa shape index (κ1) is 12.1. The van der Waals surface area contributed by atoms with Gasteiger partial charge in [0.1, 0.15) is 0 Å². The van der Waals surface area contributed by atoms with E-state index in [1.165, 1.54) is 6.07 Å². The summed E-state index contributed by atoms with van der Waals surface area (Å²) in [5, 5.41) is 0.367. The first-order chi connectivity index (χ1) is 7.93. The van der Waals surface area contributed by atoms with E-state index in [0.717, 1.165) is 0 Å². The highest BCUT2D eigenvalue weighted by molar-refractivity contribution is 6.31. The van der Waals surface area contributed by atoms with Crippen molar-refractivity contribution >= 4 is 22.5 Å². The van der Waals surface area contributed by atoms with Gasteiger partial charge in [-0.15, -0.1) is 0 Å². The van der Waals surface area contributed by atoms with E-state index in [4.69, 9.17) is 11.6 Å². The zero-order valence-corrected chi connectivity index (χ0v) is 10.7. The molecule has 0 fully saturated rings. The van der Waals surface area contributed by atoms with Crippen molar-refractivity contribution in [2.24, 2.45) is 0 Å². The number of rotatable bonds is 1. The number of pyridine rings is 1. The van der Waals surface area contributed by atoms with Crippen molar-refractivity contribution in [1.82, 2.24) is 4.98 Å². The van der Waals surface area contributed by atoms with Crippen LogP contribution in [0.3, 0.4) is 0 Å². The summed E-state index contributed by atoms with van der Waals surface area (Å²) in [6, 6.07) is 2.97. The molecule has 0 saturated carbocycles. The lowest BCUT2D eigenvalue weighted by atomic mass is 9.99. The number of hydrogen-bond acceptors (Lipinski definition) is 1. The fraction of sp³-hybridized carbons (Fsp3) is 0.308. The topological polar surface area (TPSA) is 32.9 Å². The molecule has 2 aromatic rings. The minimum Gasteiger partial charge on any atom is -0.356 e. The molecule has 0 aliphatic heterocycles. The van der Waals surface area contributed by atoms with Crippen LogP contribution in [-0.2, 0) is 0 Å². The van der Waals surface area contributed by atoms with Crippen molar-refractivity contribution in [3.63, 3.8) is 0 Å². The molecule has 1 aromatic carbocycles. The number of H-pyrrole nitrogens is 1. The van der Waals surface area contributed by atoms with Gasteiger partial charge >= 0.3 is 0 Å². The van der Waals surface area contributed by atoms with E-state index in [2.05, 4.69) is 4.98 Å². The number of hydrogen-bond donors (Lipinski definition) is 1. The van der Waals surface area contributed by atoms with E-state index in [9.17, 15) is 9.18 Å². The third-order valence-corrected chi connectivity index (χ3v) is 3.17. The van der Waals surface area contributed by atoms with E-state index in [1.807, 2.05) is 13.8 Å². The highest BCUT2D eigenvalue weighted by Crippen LogP contribution is 2.24. The summed E-state index contributed by atoms with van der Waals surface area (Å²) >= 11 is 5.70. The second kappa shape index (κ2) is 4.15. The van der Waals surface area contributed by atoms with Crippen LogP contribution >= 0.6 is 11.6 Å². The van der Waals surface area contributed by atoms with Gasteiger partial charge in [0, 0.05) is 16.6 Å². The highest BCUT2D eigenvalue weighted by atomic mass is 35.5. The van der Waals surface area contributed by atoms with Gasteiger partial charge in [-0.2, -0.15) is 0 Å². The Labute approximate surface area is 103 Å². The van der Waals surface area contributed by atoms with Crippen molar-refractivity contribution in [1.29, 1.82) is 0 Å². The zero-order chi connectivity index (χ0) is 12.7. The molecule has 0 spiro atoms. The standard InChI is InChI=1S/C13H13ClFNO/c1-6(2)10-7(3)16-12-8(13(10)17)4-5-9(14)11(12)15/h4-6H,1-3H3,(H,16,17).